The van der Waals surface area contributed by atoms with Gasteiger partial charge in [0, 0.05) is 24.4 Å². The molecule has 2 heterocycles. The molecule has 4 aromatic rings. The van der Waals surface area contributed by atoms with E-state index in [0.717, 1.165) is 17.5 Å². The molecular formula is C27H23NO4. The van der Waals surface area contributed by atoms with Crippen LogP contribution >= 0.6 is 0 Å². The highest BCUT2D eigenvalue weighted by Crippen LogP contribution is 2.34. The minimum absolute atomic E-state index is 0.148. The molecule has 3 aromatic carbocycles. The molecule has 0 radical (unpaired) electrons. The molecule has 5 heteroatoms. The molecule has 0 bridgehead atoms. The van der Waals surface area contributed by atoms with E-state index < -0.39 is 0 Å². The Kier molecular flexibility index (Phi) is 5.23. The van der Waals surface area contributed by atoms with Crippen molar-refractivity contribution in [2.75, 3.05) is 13.2 Å². The predicted molar refractivity (Wildman–Crippen MR) is 124 cm³/mol. The number of hydrogen-bond acceptors (Lipinski definition) is 4. The fourth-order valence-corrected chi connectivity index (χ4v) is 4.05. The van der Waals surface area contributed by atoms with Crippen molar-refractivity contribution in [3.8, 4) is 11.5 Å². The van der Waals surface area contributed by atoms with Crippen molar-refractivity contribution in [3.63, 3.8) is 0 Å². The maximum Gasteiger partial charge on any atom is 0.200 e. The fraction of sp³-hybridized carbons (Fsp3) is 0.185. The van der Waals surface area contributed by atoms with E-state index in [9.17, 15) is 9.59 Å². The Morgan fingerprint density at radius 3 is 2.28 bits per heavy atom. The van der Waals surface area contributed by atoms with Crippen molar-refractivity contribution < 1.29 is 14.3 Å². The van der Waals surface area contributed by atoms with Crippen molar-refractivity contribution in [3.05, 3.63) is 105 Å². The van der Waals surface area contributed by atoms with E-state index >= 15 is 0 Å². The SMILES string of the molecule is CCc1ccc(C(=O)c2cn(Cc3ccccc3)c3cc4c(cc3c2=O)OCCO4)cc1. The second kappa shape index (κ2) is 8.35. The van der Waals surface area contributed by atoms with Crippen LogP contribution in [-0.2, 0) is 13.0 Å². The van der Waals surface area contributed by atoms with E-state index in [-0.39, 0.29) is 16.8 Å². The van der Waals surface area contributed by atoms with E-state index in [1.807, 2.05) is 53.1 Å². The molecule has 0 N–H and O–H groups in total. The Balaban J connectivity index is 1.69. The first-order chi connectivity index (χ1) is 15.6. The third-order valence-electron chi connectivity index (χ3n) is 5.81. The molecule has 0 fully saturated rings. The molecule has 32 heavy (non-hydrogen) atoms. The minimum atomic E-state index is -0.300. The molecule has 0 unspecified atom stereocenters. The van der Waals surface area contributed by atoms with Crippen molar-refractivity contribution >= 4 is 16.7 Å². The summed E-state index contributed by atoms with van der Waals surface area (Å²) in [5, 5.41) is 0.446. The Morgan fingerprint density at radius 1 is 0.906 bits per heavy atom. The topological polar surface area (TPSA) is 57.5 Å². The molecule has 0 saturated heterocycles. The van der Waals surface area contributed by atoms with Gasteiger partial charge in [-0.25, -0.2) is 0 Å². The lowest BCUT2D eigenvalue weighted by atomic mass is 10.00. The molecule has 1 aliphatic rings. The van der Waals surface area contributed by atoms with Crippen LogP contribution in [0.2, 0.25) is 0 Å². The zero-order chi connectivity index (χ0) is 22.1. The normalized spacial score (nSPS) is 12.7. The summed E-state index contributed by atoms with van der Waals surface area (Å²) >= 11 is 0. The van der Waals surface area contributed by atoms with Gasteiger partial charge in [-0.15, -0.1) is 0 Å². The first-order valence-electron chi connectivity index (χ1n) is 10.8. The second-order valence-electron chi connectivity index (χ2n) is 7.88. The van der Waals surface area contributed by atoms with Gasteiger partial charge in [-0.05, 0) is 23.6 Å². The lowest BCUT2D eigenvalue weighted by Gasteiger charge is -2.21. The summed E-state index contributed by atoms with van der Waals surface area (Å²) < 4.78 is 13.4. The molecular weight excluding hydrogens is 402 g/mol. The summed E-state index contributed by atoms with van der Waals surface area (Å²) in [6.07, 6.45) is 2.56. The van der Waals surface area contributed by atoms with Gasteiger partial charge >= 0.3 is 0 Å². The average molecular weight is 425 g/mol. The lowest BCUT2D eigenvalue weighted by Crippen LogP contribution is -2.21. The van der Waals surface area contributed by atoms with Crippen molar-refractivity contribution in [2.24, 2.45) is 0 Å². The number of aryl methyl sites for hydroxylation is 1. The molecule has 5 rings (SSSR count). The highest BCUT2D eigenvalue weighted by molar-refractivity contribution is 6.10. The zero-order valence-electron chi connectivity index (χ0n) is 17.8. The van der Waals surface area contributed by atoms with Crippen molar-refractivity contribution in [2.45, 2.75) is 19.9 Å². The van der Waals surface area contributed by atoms with Gasteiger partial charge < -0.3 is 14.0 Å². The van der Waals surface area contributed by atoms with Gasteiger partial charge in [-0.3, -0.25) is 9.59 Å². The molecule has 0 saturated carbocycles. The van der Waals surface area contributed by atoms with Crippen LogP contribution in [0, 0.1) is 0 Å². The number of ether oxygens (including phenoxy) is 2. The molecule has 1 aliphatic heterocycles. The van der Waals surface area contributed by atoms with Crippen molar-refractivity contribution in [1.29, 1.82) is 0 Å². The van der Waals surface area contributed by atoms with E-state index in [0.29, 0.717) is 47.7 Å². The number of ketones is 1. The van der Waals surface area contributed by atoms with Crippen LogP contribution in [0.3, 0.4) is 0 Å². The number of carbonyl (C=O) groups excluding carboxylic acids is 1. The van der Waals surface area contributed by atoms with Gasteiger partial charge in [-0.2, -0.15) is 0 Å². The Morgan fingerprint density at radius 2 is 1.59 bits per heavy atom. The number of benzene rings is 3. The van der Waals surface area contributed by atoms with Crippen LogP contribution in [0.1, 0.15) is 34.0 Å². The Labute approximate surface area is 185 Å². The highest BCUT2D eigenvalue weighted by atomic mass is 16.6. The zero-order valence-corrected chi connectivity index (χ0v) is 17.8. The summed E-state index contributed by atoms with van der Waals surface area (Å²) in [5.74, 6) is 0.861. The van der Waals surface area contributed by atoms with Gasteiger partial charge in [0.2, 0.25) is 5.43 Å². The van der Waals surface area contributed by atoms with Gasteiger partial charge in [0.1, 0.15) is 13.2 Å². The van der Waals surface area contributed by atoms with Crippen LogP contribution in [-0.4, -0.2) is 23.6 Å². The molecule has 0 atom stereocenters. The van der Waals surface area contributed by atoms with Gasteiger partial charge in [-0.1, -0.05) is 61.5 Å². The minimum Gasteiger partial charge on any atom is -0.486 e. The number of pyridine rings is 1. The standard InChI is InChI=1S/C27H23NO4/c1-2-18-8-10-20(11-9-18)26(29)22-17-28(16-19-6-4-3-5-7-19)23-15-25-24(31-12-13-32-25)14-21(23)27(22)30/h3-11,14-15,17H,2,12-13,16H2,1H3. The second-order valence-corrected chi connectivity index (χ2v) is 7.88. The van der Waals surface area contributed by atoms with Gasteiger partial charge in [0.05, 0.1) is 16.5 Å². The predicted octanol–water partition coefficient (Wildman–Crippen LogP) is 4.61. The fourth-order valence-electron chi connectivity index (χ4n) is 4.05. The molecule has 160 valence electrons. The number of carbonyl (C=O) groups is 1. The molecule has 0 spiro atoms. The number of rotatable bonds is 5. The first-order valence-corrected chi connectivity index (χ1v) is 10.8. The number of fused-ring (bicyclic) bond motifs is 2. The Hall–Kier alpha value is -3.86. The first kappa shape index (κ1) is 20.1. The molecule has 0 amide bonds. The number of hydrogen-bond donors (Lipinski definition) is 0. The summed E-state index contributed by atoms with van der Waals surface area (Å²) in [4.78, 5) is 26.8. The molecule has 1 aromatic heterocycles. The smallest absolute Gasteiger partial charge is 0.200 e. The third kappa shape index (κ3) is 3.66. The van der Waals surface area contributed by atoms with Crippen LogP contribution in [0.15, 0.2) is 77.7 Å². The maximum absolute atomic E-state index is 13.4. The summed E-state index contributed by atoms with van der Waals surface area (Å²) in [6, 6.07) is 20.9. The number of aromatic nitrogens is 1. The van der Waals surface area contributed by atoms with E-state index in [1.54, 1.807) is 24.4 Å². The maximum atomic E-state index is 13.4. The van der Waals surface area contributed by atoms with Crippen LogP contribution in [0.4, 0.5) is 0 Å². The average Bonchev–Trinajstić information content (AvgIpc) is 2.85. The van der Waals surface area contributed by atoms with Crippen LogP contribution < -0.4 is 14.9 Å². The quantitative estimate of drug-likeness (QED) is 0.438. The van der Waals surface area contributed by atoms with Gasteiger partial charge in [0.15, 0.2) is 17.3 Å². The molecule has 5 nitrogen and oxygen atoms in total. The van der Waals surface area contributed by atoms with Gasteiger partial charge in [0.25, 0.3) is 0 Å². The molecule has 0 aliphatic carbocycles. The van der Waals surface area contributed by atoms with E-state index in [2.05, 4.69) is 6.92 Å². The third-order valence-corrected chi connectivity index (χ3v) is 5.81. The summed E-state index contributed by atoms with van der Waals surface area (Å²) in [5.41, 5.74) is 3.27. The summed E-state index contributed by atoms with van der Waals surface area (Å²) in [7, 11) is 0. The Bertz CT molecular complexity index is 1350. The van der Waals surface area contributed by atoms with Crippen LogP contribution in [0.25, 0.3) is 10.9 Å². The summed E-state index contributed by atoms with van der Waals surface area (Å²) in [6.45, 7) is 3.48. The number of nitrogens with zero attached hydrogens (tertiary/aromatic N) is 1. The van der Waals surface area contributed by atoms with Crippen molar-refractivity contribution in [1.82, 2.24) is 4.57 Å². The largest absolute Gasteiger partial charge is 0.486 e. The highest BCUT2D eigenvalue weighted by Gasteiger charge is 2.21. The van der Waals surface area contributed by atoms with Crippen LogP contribution in [0.5, 0.6) is 11.5 Å². The van der Waals surface area contributed by atoms with E-state index in [4.69, 9.17) is 9.47 Å². The monoisotopic (exact) mass is 425 g/mol. The van der Waals surface area contributed by atoms with E-state index in [1.165, 1.54) is 0 Å². The lowest BCUT2D eigenvalue weighted by molar-refractivity contribution is 0.103.